The molecule has 0 atom stereocenters. The number of hydrogen-bond acceptors (Lipinski definition) is 3. The zero-order chi connectivity index (χ0) is 9.68. The maximum Gasteiger partial charge on any atom is 0.221 e. The molecule has 1 aromatic heterocycles. The first-order valence-corrected chi connectivity index (χ1v) is 3.82. The molecule has 4 heteroatoms. The second kappa shape index (κ2) is 4.21. The maximum atomic E-state index is 10.7. The number of rotatable bonds is 2. The number of carbonyl (C=O) groups excluding carboxylic acids is 1. The number of hydrogen-bond donors (Lipinski definition) is 1. The summed E-state index contributed by atoms with van der Waals surface area (Å²) in [5.41, 5.74) is 1.33. The summed E-state index contributed by atoms with van der Waals surface area (Å²) in [4.78, 5) is 14.6. The highest BCUT2D eigenvalue weighted by Gasteiger charge is 1.97. The molecule has 1 N–H and O–H groups in total. The SMILES string of the molecule is CC(=O)Nc1ccnc(CC#N)c1. The van der Waals surface area contributed by atoms with Gasteiger partial charge >= 0.3 is 0 Å². The zero-order valence-electron chi connectivity index (χ0n) is 7.24. The Bertz CT molecular complexity index is 354. The molecule has 1 rings (SSSR count). The molecule has 0 aliphatic heterocycles. The Balaban J connectivity index is 2.80. The van der Waals surface area contributed by atoms with Gasteiger partial charge in [0, 0.05) is 18.8 Å². The van der Waals surface area contributed by atoms with Crippen molar-refractivity contribution in [2.75, 3.05) is 5.32 Å². The smallest absolute Gasteiger partial charge is 0.221 e. The summed E-state index contributed by atoms with van der Waals surface area (Å²) in [6.07, 6.45) is 1.82. The van der Waals surface area contributed by atoms with Crippen LogP contribution in [-0.2, 0) is 11.2 Å². The van der Waals surface area contributed by atoms with Crippen LogP contribution in [0, 0.1) is 11.3 Å². The Labute approximate surface area is 76.2 Å². The van der Waals surface area contributed by atoms with Crippen LogP contribution in [0.1, 0.15) is 12.6 Å². The molecule has 0 spiro atoms. The van der Waals surface area contributed by atoms with Crippen molar-refractivity contribution in [3.05, 3.63) is 24.0 Å². The molecule has 0 unspecified atom stereocenters. The maximum absolute atomic E-state index is 10.7. The fourth-order valence-electron chi connectivity index (χ4n) is 0.937. The summed E-state index contributed by atoms with van der Waals surface area (Å²) < 4.78 is 0. The van der Waals surface area contributed by atoms with E-state index in [9.17, 15) is 4.79 Å². The molecule has 1 aromatic rings. The highest BCUT2D eigenvalue weighted by Crippen LogP contribution is 2.07. The largest absolute Gasteiger partial charge is 0.326 e. The normalized spacial score (nSPS) is 8.92. The van der Waals surface area contributed by atoms with E-state index in [0.29, 0.717) is 11.4 Å². The lowest BCUT2D eigenvalue weighted by molar-refractivity contribution is -0.114. The Morgan fingerprint density at radius 3 is 3.15 bits per heavy atom. The monoisotopic (exact) mass is 175 g/mol. The number of aromatic nitrogens is 1. The first-order valence-electron chi connectivity index (χ1n) is 3.82. The molecule has 0 aromatic carbocycles. The van der Waals surface area contributed by atoms with Gasteiger partial charge in [-0.15, -0.1) is 0 Å². The van der Waals surface area contributed by atoms with Crippen molar-refractivity contribution >= 4 is 11.6 Å². The third-order valence-electron chi connectivity index (χ3n) is 1.40. The molecule has 4 nitrogen and oxygen atoms in total. The van der Waals surface area contributed by atoms with Crippen LogP contribution in [0.2, 0.25) is 0 Å². The van der Waals surface area contributed by atoms with Crippen molar-refractivity contribution < 1.29 is 4.79 Å². The van der Waals surface area contributed by atoms with E-state index in [0.717, 1.165) is 0 Å². The Hall–Kier alpha value is -1.89. The minimum atomic E-state index is -0.130. The van der Waals surface area contributed by atoms with Crippen molar-refractivity contribution in [1.82, 2.24) is 4.98 Å². The van der Waals surface area contributed by atoms with Crippen LogP contribution in [0.15, 0.2) is 18.3 Å². The first kappa shape index (κ1) is 9.20. The van der Waals surface area contributed by atoms with Gasteiger partial charge in [0.15, 0.2) is 0 Å². The standard InChI is InChI=1S/C9H9N3O/c1-7(13)12-9-3-5-11-8(6-9)2-4-10/h3,5-6H,2H2,1H3,(H,11,12,13). The minimum absolute atomic E-state index is 0.130. The van der Waals surface area contributed by atoms with Crippen LogP contribution in [-0.4, -0.2) is 10.9 Å². The van der Waals surface area contributed by atoms with Gasteiger partial charge in [0.05, 0.1) is 18.2 Å². The summed E-state index contributed by atoms with van der Waals surface area (Å²) in [5, 5.41) is 11.0. The van der Waals surface area contributed by atoms with Crippen molar-refractivity contribution in [1.29, 1.82) is 5.26 Å². The number of nitrogens with one attached hydrogen (secondary N) is 1. The lowest BCUT2D eigenvalue weighted by Gasteiger charge is -2.01. The van der Waals surface area contributed by atoms with Gasteiger partial charge in [-0.3, -0.25) is 9.78 Å². The topological polar surface area (TPSA) is 65.8 Å². The summed E-state index contributed by atoms with van der Waals surface area (Å²) in [7, 11) is 0. The zero-order valence-corrected chi connectivity index (χ0v) is 7.24. The average Bonchev–Trinajstić information content (AvgIpc) is 2.04. The molecule has 1 amide bonds. The van der Waals surface area contributed by atoms with Crippen molar-refractivity contribution in [3.63, 3.8) is 0 Å². The van der Waals surface area contributed by atoms with Crippen molar-refractivity contribution in [2.24, 2.45) is 0 Å². The second-order valence-electron chi connectivity index (χ2n) is 2.55. The summed E-state index contributed by atoms with van der Waals surface area (Å²) >= 11 is 0. The minimum Gasteiger partial charge on any atom is -0.326 e. The molecule has 0 fully saturated rings. The van der Waals surface area contributed by atoms with Crippen LogP contribution < -0.4 is 5.32 Å². The van der Waals surface area contributed by atoms with Crippen LogP contribution >= 0.6 is 0 Å². The molecule has 0 aliphatic carbocycles. The number of amides is 1. The Morgan fingerprint density at radius 1 is 1.77 bits per heavy atom. The number of anilines is 1. The fraction of sp³-hybridized carbons (Fsp3) is 0.222. The van der Waals surface area contributed by atoms with Gasteiger partial charge in [-0.25, -0.2) is 0 Å². The second-order valence-corrected chi connectivity index (χ2v) is 2.55. The van der Waals surface area contributed by atoms with Gasteiger partial charge in [-0.1, -0.05) is 0 Å². The van der Waals surface area contributed by atoms with Gasteiger partial charge in [0.2, 0.25) is 5.91 Å². The summed E-state index contributed by atoms with van der Waals surface area (Å²) in [5.74, 6) is -0.130. The van der Waals surface area contributed by atoms with Crippen molar-refractivity contribution in [3.8, 4) is 6.07 Å². The Morgan fingerprint density at radius 2 is 2.54 bits per heavy atom. The van der Waals surface area contributed by atoms with Gasteiger partial charge in [0.25, 0.3) is 0 Å². The van der Waals surface area contributed by atoms with E-state index >= 15 is 0 Å². The van der Waals surface area contributed by atoms with Crippen LogP contribution in [0.25, 0.3) is 0 Å². The lowest BCUT2D eigenvalue weighted by Crippen LogP contribution is -2.06. The number of pyridine rings is 1. The molecule has 13 heavy (non-hydrogen) atoms. The van der Waals surface area contributed by atoms with Gasteiger partial charge in [-0.2, -0.15) is 5.26 Å². The molecule has 0 saturated heterocycles. The molecule has 1 heterocycles. The van der Waals surface area contributed by atoms with Crippen LogP contribution in [0.5, 0.6) is 0 Å². The van der Waals surface area contributed by atoms with E-state index in [1.807, 2.05) is 6.07 Å². The lowest BCUT2D eigenvalue weighted by atomic mass is 10.2. The summed E-state index contributed by atoms with van der Waals surface area (Å²) in [6.45, 7) is 1.43. The number of nitrogens with zero attached hydrogens (tertiary/aromatic N) is 2. The number of nitriles is 1. The van der Waals surface area contributed by atoms with Crippen LogP contribution in [0.3, 0.4) is 0 Å². The van der Waals surface area contributed by atoms with E-state index in [-0.39, 0.29) is 12.3 Å². The first-order chi connectivity index (χ1) is 6.22. The number of carbonyl (C=O) groups is 1. The quantitative estimate of drug-likeness (QED) is 0.732. The highest BCUT2D eigenvalue weighted by molar-refractivity contribution is 5.88. The van der Waals surface area contributed by atoms with Gasteiger partial charge < -0.3 is 5.32 Å². The predicted octanol–water partition coefficient (Wildman–Crippen LogP) is 1.11. The average molecular weight is 175 g/mol. The van der Waals surface area contributed by atoms with Gasteiger partial charge in [-0.05, 0) is 12.1 Å². The molecule has 66 valence electrons. The molecular weight excluding hydrogens is 166 g/mol. The van der Waals surface area contributed by atoms with Crippen molar-refractivity contribution in [2.45, 2.75) is 13.3 Å². The molecule has 0 radical (unpaired) electrons. The summed E-state index contributed by atoms with van der Waals surface area (Å²) in [6, 6.07) is 5.36. The molecule has 0 saturated carbocycles. The third kappa shape index (κ3) is 2.91. The van der Waals surface area contributed by atoms with E-state index in [4.69, 9.17) is 5.26 Å². The fourth-order valence-corrected chi connectivity index (χ4v) is 0.937. The van der Waals surface area contributed by atoms with E-state index in [1.54, 1.807) is 18.3 Å². The highest BCUT2D eigenvalue weighted by atomic mass is 16.1. The van der Waals surface area contributed by atoms with Gasteiger partial charge in [0.1, 0.15) is 0 Å². The molecular formula is C9H9N3O. The van der Waals surface area contributed by atoms with Crippen LogP contribution in [0.4, 0.5) is 5.69 Å². The van der Waals surface area contributed by atoms with E-state index in [2.05, 4.69) is 10.3 Å². The van der Waals surface area contributed by atoms with E-state index < -0.39 is 0 Å². The van der Waals surface area contributed by atoms with E-state index in [1.165, 1.54) is 6.92 Å². The Kier molecular flexibility index (Phi) is 2.98. The predicted molar refractivity (Wildman–Crippen MR) is 47.9 cm³/mol. The molecule has 0 aliphatic rings. The molecule has 0 bridgehead atoms. The third-order valence-corrected chi connectivity index (χ3v) is 1.40.